The summed E-state index contributed by atoms with van der Waals surface area (Å²) in [6.07, 6.45) is 1.36. The summed E-state index contributed by atoms with van der Waals surface area (Å²) >= 11 is 0. The molecular formula is C22H20N2O4S2. The Balaban J connectivity index is 1.99. The number of hydrogen-bond donors (Lipinski definition) is 1. The summed E-state index contributed by atoms with van der Waals surface area (Å²) in [6.45, 7) is 4.03. The molecule has 30 heavy (non-hydrogen) atoms. The quantitative estimate of drug-likeness (QED) is 0.498. The predicted octanol–water partition coefficient (Wildman–Crippen LogP) is 4.35. The van der Waals surface area contributed by atoms with Crippen molar-refractivity contribution < 1.29 is 16.8 Å². The van der Waals surface area contributed by atoms with Gasteiger partial charge in [-0.15, -0.1) is 0 Å². The number of fused-ring (bicyclic) bond motifs is 1. The van der Waals surface area contributed by atoms with Gasteiger partial charge in [-0.05, 0) is 41.8 Å². The van der Waals surface area contributed by atoms with E-state index in [2.05, 4.69) is 9.97 Å². The Morgan fingerprint density at radius 2 is 1.47 bits per heavy atom. The van der Waals surface area contributed by atoms with Crippen molar-refractivity contribution in [2.24, 2.45) is 0 Å². The zero-order valence-corrected chi connectivity index (χ0v) is 18.0. The summed E-state index contributed by atoms with van der Waals surface area (Å²) < 4.78 is 53.7. The summed E-state index contributed by atoms with van der Waals surface area (Å²) in [5, 5.41) is -0.256. The normalized spacial score (nSPS) is 12.5. The lowest BCUT2D eigenvalue weighted by Crippen LogP contribution is -2.11. The van der Waals surface area contributed by atoms with E-state index in [1.165, 1.54) is 24.4 Å². The number of para-hydroxylation sites is 1. The lowest BCUT2D eigenvalue weighted by Gasteiger charge is -2.09. The van der Waals surface area contributed by atoms with Crippen LogP contribution in [0.4, 0.5) is 0 Å². The standard InChI is InChI=1S/C22H20N2O4S2/c1-15(2)16-10-12-17(13-11-16)29(25,26)22-21(18-7-3-4-8-19(18)24-22)30(27,28)20-9-5-6-14-23-20/h3-15,24H,1-2H3. The highest BCUT2D eigenvalue weighted by Crippen LogP contribution is 2.36. The second-order valence-corrected chi connectivity index (χ2v) is 10.9. The van der Waals surface area contributed by atoms with E-state index < -0.39 is 19.7 Å². The number of hydrogen-bond acceptors (Lipinski definition) is 5. The van der Waals surface area contributed by atoms with Crippen LogP contribution in [0.5, 0.6) is 0 Å². The Morgan fingerprint density at radius 3 is 2.10 bits per heavy atom. The largest absolute Gasteiger partial charge is 0.344 e. The second-order valence-electron chi connectivity index (χ2n) is 7.23. The molecule has 2 aromatic carbocycles. The van der Waals surface area contributed by atoms with Crippen LogP contribution in [0.2, 0.25) is 0 Å². The fourth-order valence-corrected chi connectivity index (χ4v) is 6.72. The molecule has 0 fully saturated rings. The molecule has 0 saturated carbocycles. The van der Waals surface area contributed by atoms with Crippen LogP contribution in [0, 0.1) is 0 Å². The molecule has 0 aliphatic rings. The minimum absolute atomic E-state index is 0.0240. The van der Waals surface area contributed by atoms with Crippen LogP contribution < -0.4 is 0 Å². The minimum atomic E-state index is -4.19. The van der Waals surface area contributed by atoms with Crippen LogP contribution in [-0.2, 0) is 19.7 Å². The molecule has 1 N–H and O–H groups in total. The van der Waals surface area contributed by atoms with Gasteiger partial charge in [-0.1, -0.05) is 50.2 Å². The molecule has 8 heteroatoms. The van der Waals surface area contributed by atoms with Gasteiger partial charge < -0.3 is 4.98 Å². The van der Waals surface area contributed by atoms with Gasteiger partial charge in [-0.2, -0.15) is 0 Å². The molecule has 4 rings (SSSR count). The lowest BCUT2D eigenvalue weighted by molar-refractivity contribution is 0.579. The third-order valence-electron chi connectivity index (χ3n) is 4.93. The van der Waals surface area contributed by atoms with Gasteiger partial charge in [0.05, 0.1) is 4.90 Å². The highest BCUT2D eigenvalue weighted by molar-refractivity contribution is 7.94. The molecule has 0 unspecified atom stereocenters. The van der Waals surface area contributed by atoms with Gasteiger partial charge in [0.15, 0.2) is 10.1 Å². The Kier molecular flexibility index (Phi) is 4.99. The number of nitrogens with one attached hydrogen (secondary N) is 1. The molecule has 0 saturated heterocycles. The van der Waals surface area contributed by atoms with Gasteiger partial charge >= 0.3 is 0 Å². The molecule has 0 aliphatic carbocycles. The summed E-state index contributed by atoms with van der Waals surface area (Å²) in [6, 6.07) is 17.6. The maximum absolute atomic E-state index is 13.5. The average Bonchev–Trinajstić information content (AvgIpc) is 3.16. The maximum atomic E-state index is 13.5. The topological polar surface area (TPSA) is 97.0 Å². The first-order valence-electron chi connectivity index (χ1n) is 9.35. The average molecular weight is 441 g/mol. The van der Waals surface area contributed by atoms with Gasteiger partial charge in [0.25, 0.3) is 0 Å². The number of pyridine rings is 1. The third-order valence-corrected chi connectivity index (χ3v) is 8.55. The highest BCUT2D eigenvalue weighted by atomic mass is 32.2. The van der Waals surface area contributed by atoms with Crippen molar-refractivity contribution >= 4 is 30.6 Å². The van der Waals surface area contributed by atoms with Crippen LogP contribution in [0.3, 0.4) is 0 Å². The van der Waals surface area contributed by atoms with Crippen molar-refractivity contribution in [2.45, 2.75) is 39.6 Å². The number of aromatic amines is 1. The number of aromatic nitrogens is 2. The number of sulfone groups is 2. The monoisotopic (exact) mass is 440 g/mol. The molecule has 0 aliphatic heterocycles. The molecule has 2 heterocycles. The first kappa shape index (κ1) is 20.3. The van der Waals surface area contributed by atoms with Gasteiger partial charge in [0.2, 0.25) is 19.7 Å². The van der Waals surface area contributed by atoms with E-state index in [4.69, 9.17) is 0 Å². The number of benzene rings is 2. The van der Waals surface area contributed by atoms with Crippen molar-refractivity contribution in [3.8, 4) is 0 Å². The number of H-pyrrole nitrogens is 1. The van der Waals surface area contributed by atoms with Gasteiger partial charge in [-0.3, -0.25) is 0 Å². The van der Waals surface area contributed by atoms with E-state index in [0.29, 0.717) is 10.9 Å². The highest BCUT2D eigenvalue weighted by Gasteiger charge is 2.34. The molecule has 0 spiro atoms. The Bertz CT molecular complexity index is 1420. The second kappa shape index (κ2) is 7.37. The predicted molar refractivity (Wildman–Crippen MR) is 114 cm³/mol. The zero-order chi connectivity index (χ0) is 21.5. The Labute approximate surface area is 175 Å². The van der Waals surface area contributed by atoms with E-state index in [-0.39, 0.29) is 25.8 Å². The number of nitrogens with zero attached hydrogens (tertiary/aromatic N) is 1. The van der Waals surface area contributed by atoms with Crippen molar-refractivity contribution in [3.05, 3.63) is 78.5 Å². The smallest absolute Gasteiger partial charge is 0.227 e. The van der Waals surface area contributed by atoms with Crippen molar-refractivity contribution in [1.82, 2.24) is 9.97 Å². The van der Waals surface area contributed by atoms with Crippen molar-refractivity contribution in [1.29, 1.82) is 0 Å². The lowest BCUT2D eigenvalue weighted by atomic mass is 10.0. The van der Waals surface area contributed by atoms with E-state index in [9.17, 15) is 16.8 Å². The van der Waals surface area contributed by atoms with Crippen molar-refractivity contribution in [3.63, 3.8) is 0 Å². The van der Waals surface area contributed by atoms with Crippen LogP contribution in [0.1, 0.15) is 25.3 Å². The van der Waals surface area contributed by atoms with Crippen LogP contribution in [-0.4, -0.2) is 26.8 Å². The molecule has 0 amide bonds. The summed E-state index contributed by atoms with van der Waals surface area (Å²) in [4.78, 5) is 6.50. The van der Waals surface area contributed by atoms with Gasteiger partial charge in [-0.25, -0.2) is 21.8 Å². The van der Waals surface area contributed by atoms with Crippen LogP contribution in [0.25, 0.3) is 10.9 Å². The molecule has 0 atom stereocenters. The zero-order valence-electron chi connectivity index (χ0n) is 16.4. The van der Waals surface area contributed by atoms with Crippen molar-refractivity contribution in [2.75, 3.05) is 0 Å². The maximum Gasteiger partial charge on any atom is 0.227 e. The molecule has 2 aromatic heterocycles. The third kappa shape index (κ3) is 3.32. The first-order valence-corrected chi connectivity index (χ1v) is 12.3. The molecule has 4 aromatic rings. The number of rotatable bonds is 5. The summed E-state index contributed by atoms with van der Waals surface area (Å²) in [5.74, 6) is 0.245. The van der Waals surface area contributed by atoms with Gasteiger partial charge in [0.1, 0.15) is 4.90 Å². The van der Waals surface area contributed by atoms with E-state index in [1.807, 2.05) is 13.8 Å². The molecule has 154 valence electrons. The fourth-order valence-electron chi connectivity index (χ4n) is 3.31. The van der Waals surface area contributed by atoms with Crippen LogP contribution >= 0.6 is 0 Å². The Morgan fingerprint density at radius 1 is 0.800 bits per heavy atom. The first-order chi connectivity index (χ1) is 14.2. The minimum Gasteiger partial charge on any atom is -0.344 e. The summed E-state index contributed by atoms with van der Waals surface area (Å²) in [5.41, 5.74) is 1.41. The summed E-state index contributed by atoms with van der Waals surface area (Å²) in [7, 11) is -8.31. The van der Waals surface area contributed by atoms with Crippen LogP contribution in [0.15, 0.2) is 92.8 Å². The molecule has 6 nitrogen and oxygen atoms in total. The van der Waals surface area contributed by atoms with E-state index in [0.717, 1.165) is 5.56 Å². The van der Waals surface area contributed by atoms with E-state index >= 15 is 0 Å². The SMILES string of the molecule is CC(C)c1ccc(S(=O)(=O)c2[nH]c3ccccc3c2S(=O)(=O)c2ccccn2)cc1. The molecular weight excluding hydrogens is 420 g/mol. The fraction of sp³-hybridized carbons (Fsp3) is 0.136. The van der Waals surface area contributed by atoms with E-state index in [1.54, 1.807) is 48.5 Å². The Hall–Kier alpha value is -2.97. The molecule has 0 bridgehead atoms. The molecule has 0 radical (unpaired) electrons. The van der Waals surface area contributed by atoms with Gasteiger partial charge in [0, 0.05) is 17.1 Å².